The standard InChI is InChI=1S/C19H19N3O3S/c1-3-11-24-15-9-7-14(8-10-15)19(23)22(4-2)13-17-20-18(21-25-17)16-6-5-12-26-16/h3,5-10,12H,1,4,11,13H2,2H3. The Labute approximate surface area is 155 Å². The molecule has 1 aromatic carbocycles. The van der Waals surface area contributed by atoms with E-state index in [0.717, 1.165) is 4.88 Å². The summed E-state index contributed by atoms with van der Waals surface area (Å²) in [5.74, 6) is 1.55. The van der Waals surface area contributed by atoms with Crippen LogP contribution >= 0.6 is 11.3 Å². The molecule has 0 N–H and O–H groups in total. The number of hydrogen-bond donors (Lipinski definition) is 0. The van der Waals surface area contributed by atoms with E-state index in [4.69, 9.17) is 9.26 Å². The first-order chi connectivity index (χ1) is 12.7. The zero-order valence-corrected chi connectivity index (χ0v) is 15.2. The van der Waals surface area contributed by atoms with Gasteiger partial charge in [0.15, 0.2) is 0 Å². The molecule has 0 bridgehead atoms. The van der Waals surface area contributed by atoms with Gasteiger partial charge in [0.1, 0.15) is 18.9 Å². The van der Waals surface area contributed by atoms with E-state index in [0.29, 0.717) is 36.2 Å². The molecule has 0 aliphatic rings. The zero-order valence-electron chi connectivity index (χ0n) is 14.4. The third kappa shape index (κ3) is 4.18. The number of carbonyl (C=O) groups is 1. The minimum Gasteiger partial charge on any atom is -0.490 e. The lowest BCUT2D eigenvalue weighted by Gasteiger charge is -2.19. The maximum Gasteiger partial charge on any atom is 0.254 e. The number of benzene rings is 1. The first-order valence-corrected chi connectivity index (χ1v) is 9.08. The van der Waals surface area contributed by atoms with Gasteiger partial charge in [-0.25, -0.2) is 0 Å². The Morgan fingerprint density at radius 1 is 1.35 bits per heavy atom. The lowest BCUT2D eigenvalue weighted by Crippen LogP contribution is -2.30. The Bertz CT molecular complexity index is 857. The molecule has 26 heavy (non-hydrogen) atoms. The third-order valence-corrected chi connectivity index (χ3v) is 4.54. The summed E-state index contributed by atoms with van der Waals surface area (Å²) >= 11 is 1.54. The minimum absolute atomic E-state index is 0.0985. The van der Waals surface area contributed by atoms with Crippen molar-refractivity contribution in [1.82, 2.24) is 15.0 Å². The summed E-state index contributed by atoms with van der Waals surface area (Å²) in [5, 5.41) is 5.93. The maximum atomic E-state index is 12.7. The predicted octanol–water partition coefficient (Wildman–Crippen LogP) is 4.03. The average molecular weight is 369 g/mol. The summed E-state index contributed by atoms with van der Waals surface area (Å²) in [4.78, 5) is 19.7. The molecule has 0 unspecified atom stereocenters. The van der Waals surface area contributed by atoms with Gasteiger partial charge in [-0.2, -0.15) is 4.98 Å². The number of ether oxygens (including phenoxy) is 1. The van der Waals surface area contributed by atoms with Crippen molar-refractivity contribution in [2.45, 2.75) is 13.5 Å². The molecular formula is C19H19N3O3S. The molecule has 0 saturated heterocycles. The molecule has 0 radical (unpaired) electrons. The van der Waals surface area contributed by atoms with Gasteiger partial charge < -0.3 is 14.2 Å². The molecule has 6 nitrogen and oxygen atoms in total. The van der Waals surface area contributed by atoms with Crippen molar-refractivity contribution in [3.63, 3.8) is 0 Å². The number of rotatable bonds is 8. The molecule has 3 aromatic rings. The highest BCUT2D eigenvalue weighted by molar-refractivity contribution is 7.13. The smallest absolute Gasteiger partial charge is 0.254 e. The van der Waals surface area contributed by atoms with Crippen molar-refractivity contribution in [3.8, 4) is 16.5 Å². The number of nitrogens with zero attached hydrogens (tertiary/aromatic N) is 3. The molecule has 0 aliphatic heterocycles. The largest absolute Gasteiger partial charge is 0.490 e. The van der Waals surface area contributed by atoms with Crippen LogP contribution in [0, 0.1) is 0 Å². The van der Waals surface area contributed by atoms with Gasteiger partial charge in [-0.3, -0.25) is 4.79 Å². The second kappa shape index (κ2) is 8.44. The molecular weight excluding hydrogens is 350 g/mol. The number of amides is 1. The Morgan fingerprint density at radius 3 is 2.81 bits per heavy atom. The van der Waals surface area contributed by atoms with Crippen molar-refractivity contribution >= 4 is 17.2 Å². The minimum atomic E-state index is -0.0985. The van der Waals surface area contributed by atoms with Crippen LogP contribution in [-0.2, 0) is 6.54 Å². The Morgan fingerprint density at radius 2 is 2.15 bits per heavy atom. The first-order valence-electron chi connectivity index (χ1n) is 8.20. The van der Waals surface area contributed by atoms with Crippen LogP contribution in [0.2, 0.25) is 0 Å². The summed E-state index contributed by atoms with van der Waals surface area (Å²) in [6.45, 7) is 6.75. The summed E-state index contributed by atoms with van der Waals surface area (Å²) in [6, 6.07) is 10.9. The number of carbonyl (C=O) groups excluding carboxylic acids is 1. The molecule has 2 heterocycles. The van der Waals surface area contributed by atoms with E-state index in [-0.39, 0.29) is 12.5 Å². The molecule has 1 amide bonds. The van der Waals surface area contributed by atoms with E-state index in [1.54, 1.807) is 46.6 Å². The molecule has 0 aliphatic carbocycles. The monoisotopic (exact) mass is 369 g/mol. The Kier molecular flexibility index (Phi) is 5.80. The number of aromatic nitrogens is 2. The van der Waals surface area contributed by atoms with E-state index in [9.17, 15) is 4.79 Å². The summed E-state index contributed by atoms with van der Waals surface area (Å²) in [6.07, 6.45) is 1.67. The molecule has 0 atom stereocenters. The van der Waals surface area contributed by atoms with E-state index < -0.39 is 0 Å². The Balaban J connectivity index is 1.68. The molecule has 3 rings (SSSR count). The maximum absolute atomic E-state index is 12.7. The lowest BCUT2D eigenvalue weighted by atomic mass is 10.2. The van der Waals surface area contributed by atoms with Crippen LogP contribution in [-0.4, -0.2) is 34.1 Å². The average Bonchev–Trinajstić information content (AvgIpc) is 3.36. The summed E-state index contributed by atoms with van der Waals surface area (Å²) in [7, 11) is 0. The fraction of sp³-hybridized carbons (Fsp3) is 0.211. The summed E-state index contributed by atoms with van der Waals surface area (Å²) in [5.41, 5.74) is 0.579. The topological polar surface area (TPSA) is 68.5 Å². The van der Waals surface area contributed by atoms with Crippen molar-refractivity contribution < 1.29 is 14.1 Å². The molecule has 0 fully saturated rings. The van der Waals surface area contributed by atoms with E-state index in [2.05, 4.69) is 16.7 Å². The second-order valence-corrected chi connectivity index (χ2v) is 6.38. The van der Waals surface area contributed by atoms with Crippen LogP contribution in [0.5, 0.6) is 5.75 Å². The molecule has 0 saturated carbocycles. The van der Waals surface area contributed by atoms with Crippen LogP contribution in [0.1, 0.15) is 23.2 Å². The van der Waals surface area contributed by atoms with Crippen LogP contribution in [0.25, 0.3) is 10.7 Å². The van der Waals surface area contributed by atoms with Gasteiger partial charge in [0.2, 0.25) is 11.7 Å². The van der Waals surface area contributed by atoms with Crippen molar-refractivity contribution in [2.24, 2.45) is 0 Å². The molecule has 134 valence electrons. The van der Waals surface area contributed by atoms with Crippen LogP contribution in [0.3, 0.4) is 0 Å². The highest BCUT2D eigenvalue weighted by Crippen LogP contribution is 2.22. The normalized spacial score (nSPS) is 10.5. The number of thiophene rings is 1. The fourth-order valence-corrected chi connectivity index (χ4v) is 3.00. The highest BCUT2D eigenvalue weighted by Gasteiger charge is 2.18. The van der Waals surface area contributed by atoms with Gasteiger partial charge in [-0.1, -0.05) is 23.9 Å². The lowest BCUT2D eigenvalue weighted by molar-refractivity contribution is 0.0734. The van der Waals surface area contributed by atoms with Gasteiger partial charge >= 0.3 is 0 Å². The van der Waals surface area contributed by atoms with Gasteiger partial charge in [0.05, 0.1) is 4.88 Å². The van der Waals surface area contributed by atoms with Crippen LogP contribution < -0.4 is 4.74 Å². The van der Waals surface area contributed by atoms with E-state index in [1.807, 2.05) is 24.4 Å². The fourth-order valence-electron chi connectivity index (χ4n) is 2.35. The quantitative estimate of drug-likeness (QED) is 0.561. The predicted molar refractivity (Wildman–Crippen MR) is 100 cm³/mol. The Hall–Kier alpha value is -2.93. The van der Waals surface area contributed by atoms with Gasteiger partial charge in [-0.05, 0) is 42.6 Å². The van der Waals surface area contributed by atoms with Gasteiger partial charge in [-0.15, -0.1) is 11.3 Å². The molecule has 2 aromatic heterocycles. The van der Waals surface area contributed by atoms with E-state index >= 15 is 0 Å². The molecule has 0 spiro atoms. The van der Waals surface area contributed by atoms with Crippen molar-refractivity contribution in [2.75, 3.05) is 13.2 Å². The SMILES string of the molecule is C=CCOc1ccc(C(=O)N(CC)Cc2nc(-c3cccs3)no2)cc1. The first kappa shape index (κ1) is 17.9. The highest BCUT2D eigenvalue weighted by atomic mass is 32.1. The van der Waals surface area contributed by atoms with E-state index in [1.165, 1.54) is 0 Å². The second-order valence-electron chi connectivity index (χ2n) is 5.43. The van der Waals surface area contributed by atoms with Crippen molar-refractivity contribution in [1.29, 1.82) is 0 Å². The van der Waals surface area contributed by atoms with Crippen LogP contribution in [0.15, 0.2) is 59.0 Å². The van der Waals surface area contributed by atoms with Gasteiger partial charge in [0.25, 0.3) is 5.91 Å². The summed E-state index contributed by atoms with van der Waals surface area (Å²) < 4.78 is 10.7. The van der Waals surface area contributed by atoms with Crippen molar-refractivity contribution in [3.05, 3.63) is 65.9 Å². The van der Waals surface area contributed by atoms with Gasteiger partial charge in [0, 0.05) is 12.1 Å². The number of hydrogen-bond acceptors (Lipinski definition) is 6. The zero-order chi connectivity index (χ0) is 18.4. The van der Waals surface area contributed by atoms with Crippen LogP contribution in [0.4, 0.5) is 0 Å². The third-order valence-electron chi connectivity index (χ3n) is 3.67. The molecule has 7 heteroatoms.